The highest BCUT2D eigenvalue weighted by atomic mass is 16.3. The third kappa shape index (κ3) is 2.17. The fraction of sp³-hybridized carbons (Fsp3) is 0.400. The smallest absolute Gasteiger partial charge is 0.125 e. The highest BCUT2D eigenvalue weighted by molar-refractivity contribution is 5.33. The molecule has 1 aromatic heterocycles. The summed E-state index contributed by atoms with van der Waals surface area (Å²) in [5, 5.41) is 25.3. The van der Waals surface area contributed by atoms with Crippen LogP contribution in [0.1, 0.15) is 37.5 Å². The lowest BCUT2D eigenvalue weighted by Crippen LogP contribution is -2.34. The predicted octanol–water partition coefficient (Wildman–Crippen LogP) is 2.21. The van der Waals surface area contributed by atoms with E-state index in [2.05, 4.69) is 5.10 Å². The number of nitrogens with zero attached hydrogens (tertiary/aromatic N) is 2. The van der Waals surface area contributed by atoms with E-state index in [1.165, 1.54) is 0 Å². The highest BCUT2D eigenvalue weighted by Crippen LogP contribution is 2.39. The minimum Gasteiger partial charge on any atom is -0.387 e. The molecule has 0 bridgehead atoms. The normalized spacial score (nSPS) is 19.5. The van der Waals surface area contributed by atoms with Gasteiger partial charge in [-0.2, -0.15) is 5.10 Å². The number of rotatable bonds is 3. The van der Waals surface area contributed by atoms with Gasteiger partial charge in [-0.15, -0.1) is 0 Å². The molecule has 100 valence electrons. The average molecular weight is 258 g/mol. The summed E-state index contributed by atoms with van der Waals surface area (Å²) in [5.74, 6) is 0. The first-order valence-corrected chi connectivity index (χ1v) is 6.70. The molecule has 0 saturated heterocycles. The summed E-state index contributed by atoms with van der Waals surface area (Å²) < 4.78 is 1.70. The number of benzene rings is 1. The summed E-state index contributed by atoms with van der Waals surface area (Å²) in [6.45, 7) is 0. The van der Waals surface area contributed by atoms with E-state index in [4.69, 9.17) is 0 Å². The number of aliphatic hydroxyl groups is 2. The van der Waals surface area contributed by atoms with Crippen molar-refractivity contribution < 1.29 is 10.2 Å². The van der Waals surface area contributed by atoms with Gasteiger partial charge in [-0.25, -0.2) is 4.68 Å². The molecule has 2 aromatic rings. The van der Waals surface area contributed by atoms with Crippen molar-refractivity contribution >= 4 is 0 Å². The molecule has 1 fully saturated rings. The van der Waals surface area contributed by atoms with E-state index in [0.29, 0.717) is 18.5 Å². The van der Waals surface area contributed by atoms with E-state index in [0.717, 1.165) is 18.5 Å². The van der Waals surface area contributed by atoms with E-state index in [1.807, 2.05) is 30.3 Å². The molecule has 4 nitrogen and oxygen atoms in total. The molecular weight excluding hydrogens is 240 g/mol. The maximum Gasteiger partial charge on any atom is 0.125 e. The average Bonchev–Trinajstić information content (AvgIpc) is 3.08. The molecule has 1 saturated carbocycles. The first-order valence-electron chi connectivity index (χ1n) is 6.70. The molecule has 0 radical (unpaired) electrons. The summed E-state index contributed by atoms with van der Waals surface area (Å²) in [7, 11) is 0. The maximum absolute atomic E-state index is 10.5. The second kappa shape index (κ2) is 4.79. The number of aliphatic hydroxyl groups excluding tert-OH is 1. The number of hydrogen-bond acceptors (Lipinski definition) is 3. The number of aromatic nitrogens is 2. The van der Waals surface area contributed by atoms with Crippen LogP contribution in [-0.2, 0) is 0 Å². The minimum absolute atomic E-state index is 0.647. The van der Waals surface area contributed by atoms with Gasteiger partial charge in [0, 0.05) is 6.20 Å². The Labute approximate surface area is 112 Å². The first kappa shape index (κ1) is 12.4. The summed E-state index contributed by atoms with van der Waals surface area (Å²) >= 11 is 0. The van der Waals surface area contributed by atoms with Crippen molar-refractivity contribution in [2.75, 3.05) is 0 Å². The Hall–Kier alpha value is -1.65. The molecule has 1 aliphatic rings. The molecule has 19 heavy (non-hydrogen) atoms. The summed E-state index contributed by atoms with van der Waals surface area (Å²) in [5.41, 5.74) is 0.533. The number of hydrogen-bond donors (Lipinski definition) is 2. The molecular formula is C15H18N2O2. The zero-order valence-electron chi connectivity index (χ0n) is 10.7. The largest absolute Gasteiger partial charge is 0.387 e. The van der Waals surface area contributed by atoms with Gasteiger partial charge in [0.15, 0.2) is 0 Å². The van der Waals surface area contributed by atoms with Crippen molar-refractivity contribution in [3.8, 4) is 5.69 Å². The highest BCUT2D eigenvalue weighted by Gasteiger charge is 2.40. The Kier molecular flexibility index (Phi) is 3.12. The van der Waals surface area contributed by atoms with E-state index < -0.39 is 11.7 Å². The van der Waals surface area contributed by atoms with Gasteiger partial charge >= 0.3 is 0 Å². The van der Waals surface area contributed by atoms with Crippen molar-refractivity contribution in [3.05, 3.63) is 48.3 Å². The molecule has 0 aliphatic heterocycles. The van der Waals surface area contributed by atoms with Gasteiger partial charge in [0.05, 0.1) is 17.0 Å². The molecule has 0 spiro atoms. The molecule has 1 aromatic carbocycles. The molecule has 1 unspecified atom stereocenters. The lowest BCUT2D eigenvalue weighted by Gasteiger charge is -2.28. The van der Waals surface area contributed by atoms with Crippen LogP contribution in [-0.4, -0.2) is 25.6 Å². The lowest BCUT2D eigenvalue weighted by molar-refractivity contribution is -0.0747. The van der Waals surface area contributed by atoms with Gasteiger partial charge in [-0.3, -0.25) is 0 Å². The Balaban J connectivity index is 1.96. The molecule has 3 rings (SSSR count). The van der Waals surface area contributed by atoms with Crippen LogP contribution >= 0.6 is 0 Å². The Morgan fingerprint density at radius 1 is 1.11 bits per heavy atom. The van der Waals surface area contributed by atoms with Gasteiger partial charge in [-0.05, 0) is 31.0 Å². The van der Waals surface area contributed by atoms with Crippen molar-refractivity contribution in [1.82, 2.24) is 9.78 Å². The van der Waals surface area contributed by atoms with Crippen LogP contribution in [0.3, 0.4) is 0 Å². The third-order valence-electron chi connectivity index (χ3n) is 3.93. The van der Waals surface area contributed by atoms with Crippen LogP contribution < -0.4 is 0 Å². The molecule has 2 N–H and O–H groups in total. The lowest BCUT2D eigenvalue weighted by atomic mass is 9.92. The Morgan fingerprint density at radius 3 is 2.47 bits per heavy atom. The zero-order chi connectivity index (χ0) is 13.3. The maximum atomic E-state index is 10.5. The van der Waals surface area contributed by atoms with Crippen molar-refractivity contribution in [2.45, 2.75) is 37.4 Å². The fourth-order valence-electron chi connectivity index (χ4n) is 2.84. The van der Waals surface area contributed by atoms with Crippen LogP contribution in [0, 0.1) is 0 Å². The quantitative estimate of drug-likeness (QED) is 0.887. The van der Waals surface area contributed by atoms with Crippen LogP contribution in [0.25, 0.3) is 5.69 Å². The third-order valence-corrected chi connectivity index (χ3v) is 3.93. The minimum atomic E-state index is -1.01. The topological polar surface area (TPSA) is 58.3 Å². The fourth-order valence-corrected chi connectivity index (χ4v) is 2.84. The molecule has 0 amide bonds. The van der Waals surface area contributed by atoms with Crippen molar-refractivity contribution in [1.29, 1.82) is 0 Å². The van der Waals surface area contributed by atoms with Gasteiger partial charge in [0.2, 0.25) is 0 Å². The van der Waals surface area contributed by atoms with Crippen molar-refractivity contribution in [2.24, 2.45) is 0 Å². The molecule has 1 aliphatic carbocycles. The summed E-state index contributed by atoms with van der Waals surface area (Å²) in [6, 6.07) is 11.4. The Morgan fingerprint density at radius 2 is 1.79 bits per heavy atom. The van der Waals surface area contributed by atoms with Gasteiger partial charge in [-0.1, -0.05) is 31.0 Å². The van der Waals surface area contributed by atoms with E-state index in [-0.39, 0.29) is 0 Å². The van der Waals surface area contributed by atoms with E-state index >= 15 is 0 Å². The summed E-state index contributed by atoms with van der Waals surface area (Å²) in [4.78, 5) is 0. The second-order valence-electron chi connectivity index (χ2n) is 5.22. The van der Waals surface area contributed by atoms with Crippen LogP contribution in [0.5, 0.6) is 0 Å². The summed E-state index contributed by atoms with van der Waals surface area (Å²) in [6.07, 6.45) is 3.99. The van der Waals surface area contributed by atoms with E-state index in [9.17, 15) is 10.2 Å². The monoisotopic (exact) mass is 258 g/mol. The zero-order valence-corrected chi connectivity index (χ0v) is 10.7. The van der Waals surface area contributed by atoms with Gasteiger partial charge in [0.1, 0.15) is 6.10 Å². The molecule has 1 heterocycles. The Bertz CT molecular complexity index is 544. The van der Waals surface area contributed by atoms with Gasteiger partial charge < -0.3 is 10.2 Å². The second-order valence-corrected chi connectivity index (χ2v) is 5.22. The van der Waals surface area contributed by atoms with Crippen molar-refractivity contribution in [3.63, 3.8) is 0 Å². The predicted molar refractivity (Wildman–Crippen MR) is 71.9 cm³/mol. The van der Waals surface area contributed by atoms with Crippen LogP contribution in [0.2, 0.25) is 0 Å². The SMILES string of the molecule is OC(c1ccnn1-c1ccccc1)C1(O)CCCC1. The molecule has 4 heteroatoms. The molecule has 1 atom stereocenters. The first-order chi connectivity index (χ1) is 9.21. The van der Waals surface area contributed by atoms with Crippen LogP contribution in [0.4, 0.5) is 0 Å². The van der Waals surface area contributed by atoms with Gasteiger partial charge in [0.25, 0.3) is 0 Å². The number of para-hydroxylation sites is 1. The standard InChI is InChI=1S/C15H18N2O2/c18-14(15(19)9-4-5-10-15)13-8-11-16-17(13)12-6-2-1-3-7-12/h1-3,6-8,11,14,18-19H,4-5,9-10H2. The van der Waals surface area contributed by atoms with Crippen LogP contribution in [0.15, 0.2) is 42.6 Å². The van der Waals surface area contributed by atoms with E-state index in [1.54, 1.807) is 16.9 Å².